The molecule has 7 heteroatoms. The van der Waals surface area contributed by atoms with E-state index in [1.165, 1.54) is 0 Å². The van der Waals surface area contributed by atoms with Crippen molar-refractivity contribution in [2.75, 3.05) is 0 Å². The summed E-state index contributed by atoms with van der Waals surface area (Å²) < 4.78 is 5.13. The molecule has 0 aliphatic rings. The van der Waals surface area contributed by atoms with Crippen LogP contribution in [0.3, 0.4) is 0 Å². The fraction of sp³-hybridized carbons (Fsp3) is 0.500. The molecule has 2 aromatic heterocycles. The lowest BCUT2D eigenvalue weighted by atomic mass is 9.96. The average Bonchev–Trinajstić information content (AvgIpc) is 2.97. The Morgan fingerprint density at radius 1 is 1.47 bits per heavy atom. The molecular weight excluding hydrogens is 266 g/mol. The van der Waals surface area contributed by atoms with Crippen LogP contribution in [0.4, 0.5) is 0 Å². The molecule has 102 valence electrons. The molecule has 2 atom stereocenters. The second-order valence-corrected chi connectivity index (χ2v) is 5.56. The maximum absolute atomic E-state index is 10.9. The van der Waals surface area contributed by atoms with E-state index < -0.39 is 11.9 Å². The normalized spacial score (nSPS) is 14.3. The van der Waals surface area contributed by atoms with E-state index in [0.717, 1.165) is 10.7 Å². The molecule has 0 saturated heterocycles. The topological polar surface area (TPSA) is 89.1 Å². The maximum atomic E-state index is 10.9. The number of aliphatic carboxylic acids is 1. The van der Waals surface area contributed by atoms with Gasteiger partial charge in [0, 0.05) is 11.3 Å². The van der Waals surface area contributed by atoms with Crippen LogP contribution in [0, 0.1) is 12.8 Å². The van der Waals surface area contributed by atoms with Crippen LogP contribution in [-0.2, 0) is 11.2 Å². The quantitative estimate of drug-likeness (QED) is 0.904. The Morgan fingerprint density at radius 2 is 2.21 bits per heavy atom. The molecule has 0 saturated carbocycles. The first-order valence-corrected chi connectivity index (χ1v) is 6.81. The summed E-state index contributed by atoms with van der Waals surface area (Å²) in [5.74, 6) is -0.852. The molecule has 0 aliphatic heterocycles. The van der Waals surface area contributed by atoms with E-state index in [1.807, 2.05) is 12.3 Å². The zero-order valence-electron chi connectivity index (χ0n) is 11.0. The van der Waals surface area contributed by atoms with Crippen LogP contribution in [0.15, 0.2) is 9.90 Å². The first kappa shape index (κ1) is 13.7. The smallest absolute Gasteiger partial charge is 0.307 e. The predicted octanol–water partition coefficient (Wildman–Crippen LogP) is 2.25. The highest BCUT2D eigenvalue weighted by molar-refractivity contribution is 7.09. The summed E-state index contributed by atoms with van der Waals surface area (Å²) in [5, 5.41) is 15.8. The number of hydrogen-bond donors (Lipinski definition) is 1. The van der Waals surface area contributed by atoms with Crippen molar-refractivity contribution in [3.63, 3.8) is 0 Å². The number of carboxylic acids is 1. The van der Waals surface area contributed by atoms with E-state index in [-0.39, 0.29) is 5.92 Å². The number of nitrogens with zero attached hydrogens (tertiary/aromatic N) is 3. The summed E-state index contributed by atoms with van der Waals surface area (Å²) >= 11 is 1.57. The molecule has 2 rings (SSSR count). The highest BCUT2D eigenvalue weighted by atomic mass is 32.1. The number of carboxylic acid groups (broad SMARTS) is 1. The molecule has 0 bridgehead atoms. The van der Waals surface area contributed by atoms with Crippen molar-refractivity contribution in [2.45, 2.75) is 33.1 Å². The standard InChI is InChI=1S/C12H15N3O3S/c1-6(7(2)12(16)17)11-14-10(15-18-11)4-9-5-19-8(3)13-9/h5-7H,4H2,1-3H3,(H,16,17). The molecule has 0 amide bonds. The lowest BCUT2D eigenvalue weighted by Crippen LogP contribution is -2.16. The fourth-order valence-corrected chi connectivity index (χ4v) is 2.22. The van der Waals surface area contributed by atoms with Gasteiger partial charge in [0.15, 0.2) is 5.82 Å². The van der Waals surface area contributed by atoms with E-state index in [0.29, 0.717) is 18.1 Å². The molecule has 1 N–H and O–H groups in total. The van der Waals surface area contributed by atoms with Crippen LogP contribution in [0.25, 0.3) is 0 Å². The zero-order valence-corrected chi connectivity index (χ0v) is 11.8. The number of carbonyl (C=O) groups is 1. The van der Waals surface area contributed by atoms with Crippen molar-refractivity contribution in [1.29, 1.82) is 0 Å². The first-order chi connectivity index (χ1) is 8.97. The Morgan fingerprint density at radius 3 is 2.79 bits per heavy atom. The van der Waals surface area contributed by atoms with Gasteiger partial charge in [-0.25, -0.2) is 4.98 Å². The molecule has 0 aliphatic carbocycles. The lowest BCUT2D eigenvalue weighted by molar-refractivity contribution is -0.141. The Kier molecular flexibility index (Phi) is 3.94. The molecule has 0 aromatic carbocycles. The van der Waals surface area contributed by atoms with Gasteiger partial charge in [0.2, 0.25) is 5.89 Å². The molecule has 2 heterocycles. The highest BCUT2D eigenvalue weighted by Gasteiger charge is 2.26. The van der Waals surface area contributed by atoms with Crippen molar-refractivity contribution in [3.05, 3.63) is 27.8 Å². The summed E-state index contributed by atoms with van der Waals surface area (Å²) in [6.07, 6.45) is 0.502. The first-order valence-electron chi connectivity index (χ1n) is 5.93. The van der Waals surface area contributed by atoms with E-state index >= 15 is 0 Å². The Bertz CT molecular complexity index is 578. The number of thiazole rings is 1. The van der Waals surface area contributed by atoms with Gasteiger partial charge in [0.05, 0.1) is 23.0 Å². The van der Waals surface area contributed by atoms with Gasteiger partial charge >= 0.3 is 5.97 Å². The molecule has 0 fully saturated rings. The predicted molar refractivity (Wildman–Crippen MR) is 69.2 cm³/mol. The third kappa shape index (κ3) is 3.17. The minimum absolute atomic E-state index is 0.309. The Hall–Kier alpha value is -1.76. The average molecular weight is 281 g/mol. The number of rotatable bonds is 5. The van der Waals surface area contributed by atoms with E-state index in [9.17, 15) is 4.79 Å². The molecule has 2 aromatic rings. The van der Waals surface area contributed by atoms with Crippen molar-refractivity contribution >= 4 is 17.3 Å². The van der Waals surface area contributed by atoms with Gasteiger partial charge in [-0.2, -0.15) is 4.98 Å². The molecule has 0 radical (unpaired) electrons. The van der Waals surface area contributed by atoms with Crippen molar-refractivity contribution < 1.29 is 14.4 Å². The minimum atomic E-state index is -0.873. The zero-order chi connectivity index (χ0) is 14.0. The fourth-order valence-electron chi connectivity index (χ4n) is 1.60. The Labute approximate surface area is 114 Å². The van der Waals surface area contributed by atoms with Crippen molar-refractivity contribution in [3.8, 4) is 0 Å². The molecule has 2 unspecified atom stereocenters. The summed E-state index contributed by atoms with van der Waals surface area (Å²) in [6, 6.07) is 0. The van der Waals surface area contributed by atoms with Gasteiger partial charge in [-0.15, -0.1) is 11.3 Å². The van der Waals surface area contributed by atoms with Gasteiger partial charge in [-0.1, -0.05) is 19.0 Å². The van der Waals surface area contributed by atoms with Gasteiger partial charge in [-0.05, 0) is 6.92 Å². The third-order valence-corrected chi connectivity index (χ3v) is 3.84. The maximum Gasteiger partial charge on any atom is 0.307 e. The van der Waals surface area contributed by atoms with Gasteiger partial charge in [-0.3, -0.25) is 4.79 Å². The SMILES string of the molecule is Cc1nc(Cc2noc(C(C)C(C)C(=O)O)n2)cs1. The van der Waals surface area contributed by atoms with Gasteiger partial charge in [0.1, 0.15) is 0 Å². The number of hydrogen-bond acceptors (Lipinski definition) is 6. The minimum Gasteiger partial charge on any atom is -0.481 e. The van der Waals surface area contributed by atoms with Crippen molar-refractivity contribution in [1.82, 2.24) is 15.1 Å². The van der Waals surface area contributed by atoms with E-state index in [1.54, 1.807) is 25.2 Å². The third-order valence-electron chi connectivity index (χ3n) is 3.02. The molecule has 19 heavy (non-hydrogen) atoms. The number of aryl methyl sites for hydroxylation is 1. The molecule has 6 nitrogen and oxygen atoms in total. The number of aromatic nitrogens is 3. The monoisotopic (exact) mass is 281 g/mol. The molecular formula is C12H15N3O3S. The van der Waals surface area contributed by atoms with Gasteiger partial charge in [0.25, 0.3) is 0 Å². The summed E-state index contributed by atoms with van der Waals surface area (Å²) in [7, 11) is 0. The second kappa shape index (κ2) is 5.48. The van der Waals surface area contributed by atoms with E-state index in [4.69, 9.17) is 9.63 Å². The largest absolute Gasteiger partial charge is 0.481 e. The van der Waals surface area contributed by atoms with Crippen LogP contribution >= 0.6 is 11.3 Å². The van der Waals surface area contributed by atoms with Crippen molar-refractivity contribution in [2.24, 2.45) is 5.92 Å². The second-order valence-electron chi connectivity index (χ2n) is 4.50. The van der Waals surface area contributed by atoms with Crippen LogP contribution in [-0.4, -0.2) is 26.2 Å². The van der Waals surface area contributed by atoms with Crippen LogP contribution in [0.5, 0.6) is 0 Å². The van der Waals surface area contributed by atoms with Crippen LogP contribution in [0.1, 0.15) is 42.2 Å². The summed E-state index contributed by atoms with van der Waals surface area (Å²) in [5.41, 5.74) is 0.897. The van der Waals surface area contributed by atoms with Crippen LogP contribution < -0.4 is 0 Å². The summed E-state index contributed by atoms with van der Waals surface area (Å²) in [4.78, 5) is 19.5. The van der Waals surface area contributed by atoms with Crippen LogP contribution in [0.2, 0.25) is 0 Å². The Balaban J connectivity index is 2.08. The summed E-state index contributed by atoms with van der Waals surface area (Å²) in [6.45, 7) is 5.33. The lowest BCUT2D eigenvalue weighted by Gasteiger charge is -2.10. The molecule has 0 spiro atoms. The van der Waals surface area contributed by atoms with Gasteiger partial charge < -0.3 is 9.63 Å². The van der Waals surface area contributed by atoms with E-state index in [2.05, 4.69) is 15.1 Å². The highest BCUT2D eigenvalue weighted by Crippen LogP contribution is 2.23.